The third-order valence-electron chi connectivity index (χ3n) is 5.00. The van der Waals surface area contributed by atoms with Crippen LogP contribution >= 0.6 is 0 Å². The van der Waals surface area contributed by atoms with Crippen molar-refractivity contribution in [1.82, 2.24) is 4.90 Å². The molecular weight excluding hydrogens is 214 g/mol. The first-order valence-corrected chi connectivity index (χ1v) is 7.08. The lowest BCUT2D eigenvalue weighted by molar-refractivity contribution is -0.159. The van der Waals surface area contributed by atoms with Gasteiger partial charge in [-0.05, 0) is 45.1 Å². The van der Waals surface area contributed by atoms with E-state index in [4.69, 9.17) is 0 Å². The molecule has 17 heavy (non-hydrogen) atoms. The zero-order chi connectivity index (χ0) is 12.5. The minimum atomic E-state index is -0.585. The van der Waals surface area contributed by atoms with E-state index >= 15 is 0 Å². The van der Waals surface area contributed by atoms with E-state index in [9.17, 15) is 9.90 Å². The Morgan fingerprint density at radius 3 is 2.41 bits per heavy atom. The van der Waals surface area contributed by atoms with Gasteiger partial charge in [-0.25, -0.2) is 0 Å². The number of hydrogen-bond donors (Lipinski definition) is 1. The second-order valence-corrected chi connectivity index (χ2v) is 5.95. The summed E-state index contributed by atoms with van der Waals surface area (Å²) < 4.78 is 0. The monoisotopic (exact) mass is 239 g/mol. The van der Waals surface area contributed by atoms with Crippen LogP contribution in [0.2, 0.25) is 0 Å². The number of likely N-dealkylation sites (tertiary alicyclic amines) is 1. The SMILES string of the molecule is CC1CCCN(C2(C(=O)O)CCCCC2)C1C. The van der Waals surface area contributed by atoms with Crippen molar-refractivity contribution in [2.24, 2.45) is 5.92 Å². The van der Waals surface area contributed by atoms with Gasteiger partial charge < -0.3 is 5.11 Å². The second kappa shape index (κ2) is 4.97. The Bertz CT molecular complexity index is 284. The Balaban J connectivity index is 2.22. The van der Waals surface area contributed by atoms with Gasteiger partial charge >= 0.3 is 5.97 Å². The maximum atomic E-state index is 11.8. The van der Waals surface area contributed by atoms with E-state index in [2.05, 4.69) is 18.7 Å². The highest BCUT2D eigenvalue weighted by atomic mass is 16.4. The van der Waals surface area contributed by atoms with Crippen molar-refractivity contribution >= 4 is 5.97 Å². The van der Waals surface area contributed by atoms with E-state index in [-0.39, 0.29) is 0 Å². The van der Waals surface area contributed by atoms with Crippen LogP contribution in [0.3, 0.4) is 0 Å². The van der Waals surface area contributed by atoms with Crippen molar-refractivity contribution in [3.8, 4) is 0 Å². The van der Waals surface area contributed by atoms with Crippen molar-refractivity contribution in [2.45, 2.75) is 70.4 Å². The number of carboxylic acids is 1. The first-order chi connectivity index (χ1) is 8.08. The number of nitrogens with zero attached hydrogens (tertiary/aromatic N) is 1. The molecule has 0 aromatic rings. The highest BCUT2D eigenvalue weighted by Gasteiger charge is 2.48. The van der Waals surface area contributed by atoms with Crippen LogP contribution in [0.4, 0.5) is 0 Å². The summed E-state index contributed by atoms with van der Waals surface area (Å²) in [4.78, 5) is 14.1. The summed E-state index contributed by atoms with van der Waals surface area (Å²) in [5.41, 5.74) is -0.549. The standard InChI is InChI=1S/C14H25NO2/c1-11-7-6-10-15(12(11)2)14(13(16)17)8-4-3-5-9-14/h11-12H,3-10H2,1-2H3,(H,16,17). The van der Waals surface area contributed by atoms with Gasteiger partial charge in [-0.3, -0.25) is 9.69 Å². The molecule has 3 heteroatoms. The van der Waals surface area contributed by atoms with Gasteiger partial charge in [0.25, 0.3) is 0 Å². The number of piperidine rings is 1. The molecule has 0 spiro atoms. The molecule has 0 bridgehead atoms. The third kappa shape index (κ3) is 2.22. The smallest absolute Gasteiger partial charge is 0.324 e. The van der Waals surface area contributed by atoms with Crippen molar-refractivity contribution in [3.05, 3.63) is 0 Å². The van der Waals surface area contributed by atoms with Crippen LogP contribution in [-0.2, 0) is 4.79 Å². The molecule has 98 valence electrons. The van der Waals surface area contributed by atoms with Crippen LogP contribution in [0.15, 0.2) is 0 Å². The number of rotatable bonds is 2. The fraction of sp³-hybridized carbons (Fsp3) is 0.929. The Morgan fingerprint density at radius 2 is 1.82 bits per heavy atom. The summed E-state index contributed by atoms with van der Waals surface area (Å²) in [7, 11) is 0. The molecule has 2 fully saturated rings. The Hall–Kier alpha value is -0.570. The van der Waals surface area contributed by atoms with Gasteiger partial charge in [-0.1, -0.05) is 26.2 Å². The maximum absolute atomic E-state index is 11.8. The Kier molecular flexibility index (Phi) is 3.76. The molecule has 2 rings (SSSR count). The molecule has 2 aliphatic rings. The highest BCUT2D eigenvalue weighted by molar-refractivity contribution is 5.79. The summed E-state index contributed by atoms with van der Waals surface area (Å²) >= 11 is 0. The molecule has 1 aliphatic carbocycles. The molecule has 0 amide bonds. The first kappa shape index (κ1) is 12.9. The van der Waals surface area contributed by atoms with Crippen LogP contribution in [0.5, 0.6) is 0 Å². The van der Waals surface area contributed by atoms with Gasteiger partial charge in [0.15, 0.2) is 0 Å². The molecule has 1 N–H and O–H groups in total. The van der Waals surface area contributed by atoms with Gasteiger partial charge in [0, 0.05) is 6.04 Å². The topological polar surface area (TPSA) is 40.5 Å². The molecule has 1 heterocycles. The van der Waals surface area contributed by atoms with E-state index in [0.717, 1.165) is 38.6 Å². The van der Waals surface area contributed by atoms with Crippen LogP contribution in [0, 0.1) is 5.92 Å². The van der Waals surface area contributed by atoms with E-state index in [1.54, 1.807) is 0 Å². The largest absolute Gasteiger partial charge is 0.480 e. The summed E-state index contributed by atoms with van der Waals surface area (Å²) in [6, 6.07) is 0.415. The van der Waals surface area contributed by atoms with Gasteiger partial charge in [-0.15, -0.1) is 0 Å². The van der Waals surface area contributed by atoms with E-state index in [0.29, 0.717) is 12.0 Å². The third-order valence-corrected chi connectivity index (χ3v) is 5.00. The molecule has 0 radical (unpaired) electrons. The molecule has 0 aromatic heterocycles. The zero-order valence-corrected chi connectivity index (χ0v) is 11.1. The lowest BCUT2D eigenvalue weighted by atomic mass is 9.76. The predicted octanol–water partition coefficient (Wildman–Crippen LogP) is 2.89. The number of hydrogen-bond acceptors (Lipinski definition) is 2. The molecule has 0 aromatic carbocycles. The summed E-state index contributed by atoms with van der Waals surface area (Å²) in [6.45, 7) is 5.44. The van der Waals surface area contributed by atoms with Crippen molar-refractivity contribution < 1.29 is 9.90 Å². The number of carbonyl (C=O) groups is 1. The van der Waals surface area contributed by atoms with Crippen molar-refractivity contribution in [2.75, 3.05) is 6.54 Å². The van der Waals surface area contributed by atoms with Crippen LogP contribution < -0.4 is 0 Å². The molecular formula is C14H25NO2. The number of carboxylic acid groups (broad SMARTS) is 1. The summed E-state index contributed by atoms with van der Waals surface area (Å²) in [5.74, 6) is 0.0417. The molecule has 2 unspecified atom stereocenters. The average molecular weight is 239 g/mol. The first-order valence-electron chi connectivity index (χ1n) is 7.08. The molecule has 1 saturated carbocycles. The highest BCUT2D eigenvalue weighted by Crippen LogP contribution is 2.39. The van der Waals surface area contributed by atoms with E-state index in [1.165, 1.54) is 12.8 Å². The fourth-order valence-electron chi connectivity index (χ4n) is 3.70. The fourth-order valence-corrected chi connectivity index (χ4v) is 3.70. The lowest BCUT2D eigenvalue weighted by Crippen LogP contribution is -2.61. The molecule has 1 saturated heterocycles. The van der Waals surface area contributed by atoms with Gasteiger partial charge in [0.1, 0.15) is 5.54 Å². The Labute approximate surface area is 104 Å². The molecule has 3 nitrogen and oxygen atoms in total. The minimum Gasteiger partial charge on any atom is -0.480 e. The van der Waals surface area contributed by atoms with Crippen molar-refractivity contribution in [3.63, 3.8) is 0 Å². The lowest BCUT2D eigenvalue weighted by Gasteiger charge is -2.50. The Morgan fingerprint density at radius 1 is 1.18 bits per heavy atom. The predicted molar refractivity (Wildman–Crippen MR) is 68.0 cm³/mol. The zero-order valence-electron chi connectivity index (χ0n) is 11.1. The van der Waals surface area contributed by atoms with Gasteiger partial charge in [0.2, 0.25) is 0 Å². The van der Waals surface area contributed by atoms with Crippen LogP contribution in [0.1, 0.15) is 58.8 Å². The minimum absolute atomic E-state index is 0.415. The number of aliphatic carboxylic acids is 1. The summed E-state index contributed by atoms with van der Waals surface area (Å²) in [5, 5.41) is 9.70. The van der Waals surface area contributed by atoms with Crippen molar-refractivity contribution in [1.29, 1.82) is 0 Å². The van der Waals surface area contributed by atoms with Crippen LogP contribution in [0.25, 0.3) is 0 Å². The van der Waals surface area contributed by atoms with Gasteiger partial charge in [-0.2, -0.15) is 0 Å². The van der Waals surface area contributed by atoms with E-state index < -0.39 is 11.5 Å². The summed E-state index contributed by atoms with van der Waals surface area (Å²) in [6.07, 6.45) is 7.44. The molecule has 2 atom stereocenters. The average Bonchev–Trinajstić information content (AvgIpc) is 2.33. The quantitative estimate of drug-likeness (QED) is 0.805. The second-order valence-electron chi connectivity index (χ2n) is 5.95. The van der Waals surface area contributed by atoms with E-state index in [1.807, 2.05) is 0 Å². The molecule has 1 aliphatic heterocycles. The maximum Gasteiger partial charge on any atom is 0.324 e. The van der Waals surface area contributed by atoms with Crippen LogP contribution in [-0.4, -0.2) is 34.1 Å². The normalized spacial score (nSPS) is 34.5. The van der Waals surface area contributed by atoms with Gasteiger partial charge in [0.05, 0.1) is 0 Å².